The largest absolute Gasteiger partial charge is 0.452 e. The normalized spacial score (nSPS) is 11.5. The Kier molecular flexibility index (Phi) is 2.88. The van der Waals surface area contributed by atoms with Gasteiger partial charge in [-0.25, -0.2) is 0 Å². The van der Waals surface area contributed by atoms with Gasteiger partial charge in [-0.15, -0.1) is 0 Å². The van der Waals surface area contributed by atoms with Crippen LogP contribution in [0.15, 0.2) is 24.3 Å². The number of nitrogens with two attached hydrogens (primary N) is 1. The highest BCUT2D eigenvalue weighted by atomic mass is 32.1. The Bertz CT molecular complexity index is 526. The summed E-state index contributed by atoms with van der Waals surface area (Å²) in [6, 6.07) is 6.44. The van der Waals surface area contributed by atoms with Crippen molar-refractivity contribution >= 4 is 17.2 Å². The van der Waals surface area contributed by atoms with E-state index in [2.05, 4.69) is 9.36 Å². The summed E-state index contributed by atoms with van der Waals surface area (Å²) in [5.74, 6) is -0.968. The van der Waals surface area contributed by atoms with Crippen molar-refractivity contribution in [3.8, 4) is 10.9 Å². The van der Waals surface area contributed by atoms with Gasteiger partial charge in [-0.2, -0.15) is 22.5 Å². The summed E-state index contributed by atoms with van der Waals surface area (Å²) in [4.78, 5) is 3.22. The maximum Gasteiger partial charge on any atom is 0.452 e. The van der Waals surface area contributed by atoms with Crippen molar-refractivity contribution in [1.29, 1.82) is 0 Å². The summed E-state index contributed by atoms with van der Waals surface area (Å²) < 4.78 is 44.9. The van der Waals surface area contributed by atoms with E-state index >= 15 is 0 Å². The minimum atomic E-state index is -4.57. The predicted octanol–water partition coefficient (Wildman–Crippen LogP) is 2.93. The first-order valence-electron chi connectivity index (χ1n) is 4.40. The first-order chi connectivity index (χ1) is 7.97. The number of alkyl halides is 3. The lowest BCUT2D eigenvalue weighted by Gasteiger charge is -2.03. The molecule has 1 heterocycles. The molecular formula is C9H6F3N3OS. The maximum atomic E-state index is 12.2. The van der Waals surface area contributed by atoms with Crippen LogP contribution in [-0.2, 0) is 6.18 Å². The van der Waals surface area contributed by atoms with Gasteiger partial charge >= 0.3 is 6.18 Å². The van der Waals surface area contributed by atoms with E-state index in [0.29, 0.717) is 17.2 Å². The van der Waals surface area contributed by atoms with Gasteiger partial charge in [0.05, 0.1) is 5.69 Å². The Balaban J connectivity index is 2.21. The van der Waals surface area contributed by atoms with Crippen LogP contribution in [0.2, 0.25) is 0 Å². The molecule has 0 spiro atoms. The van der Waals surface area contributed by atoms with Crippen molar-refractivity contribution in [3.05, 3.63) is 30.1 Å². The summed E-state index contributed by atoms with van der Waals surface area (Å²) in [6.07, 6.45) is -4.57. The third-order valence-electron chi connectivity index (χ3n) is 1.78. The molecule has 0 fully saturated rings. The summed E-state index contributed by atoms with van der Waals surface area (Å²) in [7, 11) is 0. The minimum Gasteiger partial charge on any atom is -0.428 e. The number of aromatic nitrogens is 2. The lowest BCUT2D eigenvalue weighted by atomic mass is 10.3. The average Bonchev–Trinajstić information content (AvgIpc) is 2.69. The van der Waals surface area contributed by atoms with E-state index in [1.165, 1.54) is 6.07 Å². The Morgan fingerprint density at radius 3 is 2.53 bits per heavy atom. The number of anilines is 1. The summed E-state index contributed by atoms with van der Waals surface area (Å²) in [6.45, 7) is 0. The van der Waals surface area contributed by atoms with Gasteiger partial charge in [-0.3, -0.25) is 0 Å². The van der Waals surface area contributed by atoms with E-state index in [-0.39, 0.29) is 10.9 Å². The molecule has 0 saturated heterocycles. The van der Waals surface area contributed by atoms with Crippen molar-refractivity contribution in [1.82, 2.24) is 9.36 Å². The van der Waals surface area contributed by atoms with E-state index < -0.39 is 12.0 Å². The molecule has 0 aliphatic heterocycles. The summed E-state index contributed by atoms with van der Waals surface area (Å²) in [5.41, 5.74) is 5.89. The van der Waals surface area contributed by atoms with Crippen LogP contribution in [0, 0.1) is 0 Å². The van der Waals surface area contributed by atoms with E-state index in [0.717, 1.165) is 0 Å². The van der Waals surface area contributed by atoms with Gasteiger partial charge in [0, 0.05) is 11.5 Å². The van der Waals surface area contributed by atoms with Crippen molar-refractivity contribution in [2.45, 2.75) is 6.18 Å². The lowest BCUT2D eigenvalue weighted by molar-refractivity contribution is -0.144. The number of hydrogen-bond donors (Lipinski definition) is 1. The number of hydrogen-bond acceptors (Lipinski definition) is 5. The number of nitrogens with zero attached hydrogens (tertiary/aromatic N) is 2. The van der Waals surface area contributed by atoms with E-state index in [4.69, 9.17) is 10.5 Å². The monoisotopic (exact) mass is 261 g/mol. The molecule has 0 bridgehead atoms. The zero-order chi connectivity index (χ0) is 12.5. The number of ether oxygens (including phenoxy) is 1. The molecule has 2 N–H and O–H groups in total. The molecule has 1 aromatic heterocycles. The van der Waals surface area contributed by atoms with Crippen LogP contribution in [0.1, 0.15) is 5.82 Å². The quantitative estimate of drug-likeness (QED) is 0.844. The molecule has 90 valence electrons. The van der Waals surface area contributed by atoms with Gasteiger partial charge in [0.25, 0.3) is 11.0 Å². The molecule has 1 aromatic carbocycles. The van der Waals surface area contributed by atoms with Gasteiger partial charge in [0.15, 0.2) is 5.75 Å². The first-order valence-corrected chi connectivity index (χ1v) is 5.17. The number of halogens is 3. The number of rotatable bonds is 2. The predicted molar refractivity (Wildman–Crippen MR) is 55.8 cm³/mol. The van der Waals surface area contributed by atoms with Crippen LogP contribution in [0.5, 0.6) is 10.9 Å². The molecule has 0 aliphatic rings. The Morgan fingerprint density at radius 2 is 1.94 bits per heavy atom. The second-order valence-electron chi connectivity index (χ2n) is 3.02. The molecule has 4 nitrogen and oxygen atoms in total. The standard InChI is InChI=1S/C9H6F3N3OS/c10-9(11,12)7-14-8(17-15-7)16-6-4-2-1-3-5(6)13/h1-4H,13H2. The fraction of sp³-hybridized carbons (Fsp3) is 0.111. The van der Waals surface area contributed by atoms with E-state index in [9.17, 15) is 13.2 Å². The average molecular weight is 261 g/mol. The zero-order valence-electron chi connectivity index (χ0n) is 8.23. The van der Waals surface area contributed by atoms with Gasteiger partial charge in [-0.05, 0) is 12.1 Å². The summed E-state index contributed by atoms with van der Waals surface area (Å²) in [5, 5.41) is -0.199. The second-order valence-corrected chi connectivity index (χ2v) is 3.74. The SMILES string of the molecule is Nc1ccccc1Oc1nc(C(F)(F)F)ns1. The third kappa shape index (κ3) is 2.64. The van der Waals surface area contributed by atoms with Crippen molar-refractivity contribution in [3.63, 3.8) is 0 Å². The highest BCUT2D eigenvalue weighted by molar-refractivity contribution is 7.07. The molecule has 2 rings (SSSR count). The first kappa shape index (κ1) is 11.6. The van der Waals surface area contributed by atoms with Gasteiger partial charge < -0.3 is 10.5 Å². The highest BCUT2D eigenvalue weighted by Gasteiger charge is 2.36. The van der Waals surface area contributed by atoms with Crippen LogP contribution < -0.4 is 10.5 Å². The van der Waals surface area contributed by atoms with Crippen LogP contribution in [0.25, 0.3) is 0 Å². The lowest BCUT2D eigenvalue weighted by Crippen LogP contribution is -2.06. The second kappa shape index (κ2) is 4.21. The highest BCUT2D eigenvalue weighted by Crippen LogP contribution is 2.33. The minimum absolute atomic E-state index is 0.199. The van der Waals surface area contributed by atoms with Crippen LogP contribution >= 0.6 is 11.5 Å². The van der Waals surface area contributed by atoms with Gasteiger partial charge in [0.2, 0.25) is 0 Å². The maximum absolute atomic E-state index is 12.2. The van der Waals surface area contributed by atoms with E-state index in [1.807, 2.05) is 0 Å². The van der Waals surface area contributed by atoms with Crippen molar-refractivity contribution < 1.29 is 17.9 Å². The fourth-order valence-electron chi connectivity index (χ4n) is 1.03. The van der Waals surface area contributed by atoms with Crippen LogP contribution in [0.3, 0.4) is 0 Å². The van der Waals surface area contributed by atoms with Crippen LogP contribution in [0.4, 0.5) is 18.9 Å². The van der Waals surface area contributed by atoms with Crippen molar-refractivity contribution in [2.24, 2.45) is 0 Å². The molecule has 8 heteroatoms. The molecule has 0 unspecified atom stereocenters. The smallest absolute Gasteiger partial charge is 0.428 e. The number of nitrogen functional groups attached to an aromatic ring is 1. The molecule has 0 aliphatic carbocycles. The zero-order valence-corrected chi connectivity index (χ0v) is 9.05. The molecule has 0 amide bonds. The van der Waals surface area contributed by atoms with E-state index in [1.54, 1.807) is 18.2 Å². The molecule has 0 saturated carbocycles. The molecule has 17 heavy (non-hydrogen) atoms. The summed E-state index contributed by atoms with van der Waals surface area (Å²) >= 11 is 0.521. The Hall–Kier alpha value is -1.83. The Labute approximate surface area is 98.0 Å². The van der Waals surface area contributed by atoms with Gasteiger partial charge in [0.1, 0.15) is 0 Å². The van der Waals surface area contributed by atoms with Crippen LogP contribution in [-0.4, -0.2) is 9.36 Å². The number of benzene rings is 1. The van der Waals surface area contributed by atoms with Crippen molar-refractivity contribution in [2.75, 3.05) is 5.73 Å². The third-order valence-corrected chi connectivity index (χ3v) is 2.37. The molecule has 0 radical (unpaired) electrons. The molecule has 0 atom stereocenters. The fourth-order valence-corrected chi connectivity index (χ4v) is 1.60. The molecule has 2 aromatic rings. The van der Waals surface area contributed by atoms with Gasteiger partial charge in [-0.1, -0.05) is 12.1 Å². The molecular weight excluding hydrogens is 255 g/mol. The Morgan fingerprint density at radius 1 is 1.24 bits per heavy atom. The topological polar surface area (TPSA) is 61.0 Å². The number of para-hydroxylation sites is 2.